The maximum Gasteiger partial charge on any atom is 0.418 e. The molecule has 2 rings (SSSR count). The molecule has 0 aliphatic rings. The van der Waals surface area contributed by atoms with Crippen molar-refractivity contribution in [1.29, 1.82) is 0 Å². The summed E-state index contributed by atoms with van der Waals surface area (Å²) in [5.74, 6) is 0.00158. The topological polar surface area (TPSA) is 66.9 Å². The van der Waals surface area contributed by atoms with Crippen LogP contribution in [0.3, 0.4) is 0 Å². The summed E-state index contributed by atoms with van der Waals surface area (Å²) in [6.07, 6.45) is -4.45. The van der Waals surface area contributed by atoms with E-state index < -0.39 is 11.7 Å². The molecule has 5 nitrogen and oxygen atoms in total. The molecule has 0 radical (unpaired) electrons. The smallest absolute Gasteiger partial charge is 0.358 e. The summed E-state index contributed by atoms with van der Waals surface area (Å²) < 4.78 is 39.1. The van der Waals surface area contributed by atoms with Crippen LogP contribution in [0, 0.1) is 0 Å². The molecule has 1 amide bonds. The number of carbonyl (C=O) groups is 1. The fourth-order valence-corrected chi connectivity index (χ4v) is 3.11. The number of benzene rings is 1. The van der Waals surface area contributed by atoms with E-state index in [2.05, 4.69) is 20.8 Å². The van der Waals surface area contributed by atoms with E-state index in [0.29, 0.717) is 4.34 Å². The van der Waals surface area contributed by atoms with E-state index in [1.807, 2.05) is 0 Å². The van der Waals surface area contributed by atoms with Crippen LogP contribution >= 0.6 is 23.1 Å². The van der Waals surface area contributed by atoms with Crippen LogP contribution in [0.4, 0.5) is 24.0 Å². The van der Waals surface area contributed by atoms with E-state index >= 15 is 0 Å². The largest absolute Gasteiger partial charge is 0.418 e. The molecule has 0 unspecified atom stereocenters. The second-order valence-electron chi connectivity index (χ2n) is 4.00. The molecule has 1 aromatic heterocycles. The van der Waals surface area contributed by atoms with Gasteiger partial charge in [-0.25, -0.2) is 0 Å². The van der Waals surface area contributed by atoms with Gasteiger partial charge in [0.1, 0.15) is 0 Å². The number of rotatable bonds is 5. The first kappa shape index (κ1) is 16.6. The van der Waals surface area contributed by atoms with Crippen molar-refractivity contribution < 1.29 is 18.0 Å². The van der Waals surface area contributed by atoms with Crippen molar-refractivity contribution in [2.75, 3.05) is 18.1 Å². The van der Waals surface area contributed by atoms with Gasteiger partial charge in [-0.15, -0.1) is 10.2 Å². The number of nitrogens with one attached hydrogen (secondary N) is 2. The molecule has 2 N–H and O–H groups in total. The average Bonchev–Trinajstić information content (AvgIpc) is 2.91. The van der Waals surface area contributed by atoms with Crippen LogP contribution in [0.25, 0.3) is 0 Å². The summed E-state index contributed by atoms with van der Waals surface area (Å²) >= 11 is 2.25. The Morgan fingerprint density at radius 1 is 1.32 bits per heavy atom. The average molecular weight is 348 g/mol. The number of carbonyl (C=O) groups excluding carboxylic acids is 1. The lowest BCUT2D eigenvalue weighted by Crippen LogP contribution is -2.19. The van der Waals surface area contributed by atoms with Crippen molar-refractivity contribution >= 4 is 39.8 Å². The van der Waals surface area contributed by atoms with Crippen LogP contribution < -0.4 is 10.6 Å². The highest BCUT2D eigenvalue weighted by molar-refractivity contribution is 8.01. The monoisotopic (exact) mass is 348 g/mol. The highest BCUT2D eigenvalue weighted by Gasteiger charge is 2.33. The van der Waals surface area contributed by atoms with E-state index in [-0.39, 0.29) is 22.5 Å². The van der Waals surface area contributed by atoms with Crippen molar-refractivity contribution in [2.45, 2.75) is 10.5 Å². The fraction of sp³-hybridized carbons (Fsp3) is 0.250. The van der Waals surface area contributed by atoms with Gasteiger partial charge in [0.2, 0.25) is 11.0 Å². The number of amides is 1. The third-order valence-corrected chi connectivity index (χ3v) is 4.46. The van der Waals surface area contributed by atoms with Crippen LogP contribution in [0.2, 0.25) is 0 Å². The number of nitrogens with zero attached hydrogens (tertiary/aromatic N) is 2. The molecule has 0 saturated heterocycles. The number of hydrogen-bond acceptors (Lipinski definition) is 6. The van der Waals surface area contributed by atoms with Crippen LogP contribution in [0.15, 0.2) is 28.6 Å². The molecule has 1 aromatic carbocycles. The molecule has 0 spiro atoms. The Morgan fingerprint density at radius 3 is 2.73 bits per heavy atom. The Labute approximate surface area is 132 Å². The Morgan fingerprint density at radius 2 is 2.05 bits per heavy atom. The number of thioether (sulfide) groups is 1. The van der Waals surface area contributed by atoms with Crippen molar-refractivity contribution in [3.05, 3.63) is 29.8 Å². The number of para-hydroxylation sites is 1. The van der Waals surface area contributed by atoms with Crippen molar-refractivity contribution in [3.63, 3.8) is 0 Å². The Bertz CT molecular complexity index is 660. The lowest BCUT2D eigenvalue weighted by molar-refractivity contribution is -0.137. The zero-order valence-electron chi connectivity index (χ0n) is 11.3. The van der Waals surface area contributed by atoms with Crippen LogP contribution in [0.1, 0.15) is 5.56 Å². The SMILES string of the molecule is CNC(=O)CSc1nnc(Nc2ccccc2C(F)(F)F)s1. The highest BCUT2D eigenvalue weighted by Crippen LogP contribution is 2.36. The minimum absolute atomic E-state index is 0.0889. The molecule has 0 atom stereocenters. The number of anilines is 2. The van der Waals surface area contributed by atoms with E-state index in [0.717, 1.165) is 29.2 Å². The van der Waals surface area contributed by atoms with Gasteiger partial charge in [0.05, 0.1) is 17.0 Å². The minimum Gasteiger partial charge on any atom is -0.358 e. The van der Waals surface area contributed by atoms with Gasteiger partial charge in [-0.1, -0.05) is 35.2 Å². The van der Waals surface area contributed by atoms with Gasteiger partial charge in [-0.3, -0.25) is 4.79 Å². The molecular formula is C12H11F3N4OS2. The predicted octanol–water partition coefficient (Wildman–Crippen LogP) is 3.14. The maximum atomic E-state index is 12.9. The second-order valence-corrected chi connectivity index (χ2v) is 6.20. The molecule has 10 heteroatoms. The number of halogens is 3. The lowest BCUT2D eigenvalue weighted by Gasteiger charge is -2.12. The fourth-order valence-electron chi connectivity index (χ4n) is 1.47. The van der Waals surface area contributed by atoms with Crippen molar-refractivity contribution in [3.8, 4) is 0 Å². The number of hydrogen-bond donors (Lipinski definition) is 2. The van der Waals surface area contributed by atoms with E-state index in [4.69, 9.17) is 0 Å². The van der Waals surface area contributed by atoms with Crippen LogP contribution in [-0.4, -0.2) is 28.9 Å². The summed E-state index contributed by atoms with van der Waals surface area (Å²) in [6.45, 7) is 0. The summed E-state index contributed by atoms with van der Waals surface area (Å²) in [5.41, 5.74) is -0.862. The molecular weight excluding hydrogens is 337 g/mol. The first-order chi connectivity index (χ1) is 10.4. The molecule has 0 saturated carbocycles. The van der Waals surface area contributed by atoms with Gasteiger partial charge in [0.15, 0.2) is 4.34 Å². The number of alkyl halides is 3. The van der Waals surface area contributed by atoms with Gasteiger partial charge >= 0.3 is 6.18 Å². The Hall–Kier alpha value is -1.81. The van der Waals surface area contributed by atoms with Gasteiger partial charge in [-0.2, -0.15) is 13.2 Å². The zero-order valence-corrected chi connectivity index (χ0v) is 12.9. The normalized spacial score (nSPS) is 11.3. The Kier molecular flexibility index (Phi) is 5.24. The summed E-state index contributed by atoms with van der Waals surface area (Å²) in [5, 5.41) is 12.9. The van der Waals surface area contributed by atoms with Crippen molar-refractivity contribution in [1.82, 2.24) is 15.5 Å². The molecule has 22 heavy (non-hydrogen) atoms. The number of aromatic nitrogens is 2. The minimum atomic E-state index is -4.45. The second kappa shape index (κ2) is 6.97. The molecule has 0 bridgehead atoms. The summed E-state index contributed by atoms with van der Waals surface area (Å²) in [4.78, 5) is 11.1. The van der Waals surface area contributed by atoms with Crippen LogP contribution in [0.5, 0.6) is 0 Å². The first-order valence-corrected chi connectivity index (χ1v) is 7.80. The van der Waals surface area contributed by atoms with Gasteiger partial charge in [0, 0.05) is 7.05 Å². The standard InChI is InChI=1S/C12H11F3N4OS2/c1-16-9(20)6-21-11-19-18-10(22-11)17-8-5-3-2-4-7(8)12(13,14)15/h2-5H,6H2,1H3,(H,16,20)(H,17,18). The zero-order chi connectivity index (χ0) is 16.2. The molecule has 2 aromatic rings. The summed E-state index contributed by atoms with van der Waals surface area (Å²) in [7, 11) is 1.52. The van der Waals surface area contributed by atoms with Gasteiger partial charge in [0.25, 0.3) is 0 Å². The third kappa shape index (κ3) is 4.34. The summed E-state index contributed by atoms with van der Waals surface area (Å²) in [6, 6.07) is 5.13. The first-order valence-electron chi connectivity index (χ1n) is 6.00. The molecule has 118 valence electrons. The van der Waals surface area contributed by atoms with E-state index in [1.54, 1.807) is 0 Å². The van der Waals surface area contributed by atoms with E-state index in [9.17, 15) is 18.0 Å². The lowest BCUT2D eigenvalue weighted by atomic mass is 10.2. The maximum absolute atomic E-state index is 12.9. The van der Waals surface area contributed by atoms with Gasteiger partial charge in [-0.05, 0) is 12.1 Å². The predicted molar refractivity (Wildman–Crippen MR) is 79.4 cm³/mol. The third-order valence-electron chi connectivity index (χ3n) is 2.49. The van der Waals surface area contributed by atoms with Crippen LogP contribution in [-0.2, 0) is 11.0 Å². The van der Waals surface area contributed by atoms with E-state index in [1.165, 1.54) is 25.2 Å². The molecule has 1 heterocycles. The molecule has 0 fully saturated rings. The van der Waals surface area contributed by atoms with Crippen molar-refractivity contribution in [2.24, 2.45) is 0 Å². The Balaban J connectivity index is 2.09. The molecule has 0 aliphatic heterocycles. The highest BCUT2D eigenvalue weighted by atomic mass is 32.2. The molecule has 0 aliphatic carbocycles. The quantitative estimate of drug-likeness (QED) is 0.813. The van der Waals surface area contributed by atoms with Gasteiger partial charge < -0.3 is 10.6 Å².